The summed E-state index contributed by atoms with van der Waals surface area (Å²) in [6, 6.07) is 12.5. The van der Waals surface area contributed by atoms with Crippen LogP contribution in [-0.2, 0) is 22.6 Å². The molecular weight excluding hydrogens is 310 g/mol. The zero-order valence-electron chi connectivity index (χ0n) is 13.2. The first kappa shape index (κ1) is 17.3. The second-order valence-electron chi connectivity index (χ2n) is 5.41. The fourth-order valence-corrected chi connectivity index (χ4v) is 2.17. The van der Waals surface area contributed by atoms with Gasteiger partial charge in [0, 0.05) is 6.42 Å². The number of phenolic OH excluding ortho intramolecular Hbond substituents is 1. The molecule has 2 aromatic carbocycles. The number of alkyl carbamates (subject to hydrolysis) is 1. The molecule has 0 saturated carbocycles. The van der Waals surface area contributed by atoms with Crippen LogP contribution in [0, 0.1) is 6.92 Å². The number of phenols is 1. The van der Waals surface area contributed by atoms with E-state index in [1.54, 1.807) is 12.1 Å². The van der Waals surface area contributed by atoms with Crippen LogP contribution in [0.2, 0.25) is 0 Å². The average molecular weight is 329 g/mol. The minimum absolute atomic E-state index is 0.0735. The fourth-order valence-electron chi connectivity index (χ4n) is 2.17. The lowest BCUT2D eigenvalue weighted by atomic mass is 10.1. The second kappa shape index (κ2) is 8.01. The minimum Gasteiger partial charge on any atom is -0.508 e. The molecule has 0 aliphatic carbocycles. The Labute approximate surface area is 139 Å². The molecule has 2 aromatic rings. The summed E-state index contributed by atoms with van der Waals surface area (Å²) in [4.78, 5) is 23.2. The number of amides is 1. The van der Waals surface area contributed by atoms with Gasteiger partial charge in [0.1, 0.15) is 18.4 Å². The van der Waals surface area contributed by atoms with Crippen molar-refractivity contribution in [3.05, 3.63) is 65.2 Å². The van der Waals surface area contributed by atoms with E-state index in [1.807, 2.05) is 31.2 Å². The number of aromatic hydroxyl groups is 1. The lowest BCUT2D eigenvalue weighted by Crippen LogP contribution is -2.42. The largest absolute Gasteiger partial charge is 0.508 e. The van der Waals surface area contributed by atoms with Crippen LogP contribution in [0.15, 0.2) is 48.5 Å². The quantitative estimate of drug-likeness (QED) is 0.757. The van der Waals surface area contributed by atoms with Gasteiger partial charge in [-0.05, 0) is 35.7 Å². The minimum atomic E-state index is -1.16. The van der Waals surface area contributed by atoms with Crippen LogP contribution in [-0.4, -0.2) is 28.3 Å². The van der Waals surface area contributed by atoms with E-state index in [0.717, 1.165) is 11.1 Å². The number of carbonyl (C=O) groups excluding carboxylic acids is 1. The van der Waals surface area contributed by atoms with E-state index in [2.05, 4.69) is 5.32 Å². The highest BCUT2D eigenvalue weighted by atomic mass is 16.5. The Morgan fingerprint density at radius 2 is 1.79 bits per heavy atom. The highest BCUT2D eigenvalue weighted by molar-refractivity contribution is 5.80. The number of hydrogen-bond acceptors (Lipinski definition) is 4. The van der Waals surface area contributed by atoms with Crippen LogP contribution in [0.5, 0.6) is 5.75 Å². The Balaban J connectivity index is 1.92. The summed E-state index contributed by atoms with van der Waals surface area (Å²) in [6.07, 6.45) is -0.695. The van der Waals surface area contributed by atoms with Crippen LogP contribution in [0.4, 0.5) is 4.79 Å². The molecule has 0 bridgehead atoms. The molecule has 1 amide bonds. The third-order valence-corrected chi connectivity index (χ3v) is 3.59. The normalized spacial score (nSPS) is 11.5. The van der Waals surface area contributed by atoms with Crippen molar-refractivity contribution in [3.8, 4) is 5.75 Å². The highest BCUT2D eigenvalue weighted by Crippen LogP contribution is 2.12. The molecule has 6 nitrogen and oxygen atoms in total. The maximum Gasteiger partial charge on any atom is 0.408 e. The lowest BCUT2D eigenvalue weighted by Gasteiger charge is -2.15. The molecule has 0 aliphatic heterocycles. The number of hydrogen-bond donors (Lipinski definition) is 3. The summed E-state index contributed by atoms with van der Waals surface area (Å²) >= 11 is 0. The number of ether oxygens (including phenoxy) is 1. The smallest absolute Gasteiger partial charge is 0.408 e. The van der Waals surface area contributed by atoms with Crippen molar-refractivity contribution in [1.29, 1.82) is 0 Å². The molecule has 0 spiro atoms. The SMILES string of the molecule is Cc1ccccc1COC(=O)N[C@@H](Cc1ccc(O)cc1)C(=O)O. The van der Waals surface area contributed by atoms with Crippen LogP contribution in [0.1, 0.15) is 16.7 Å². The summed E-state index contributed by atoms with van der Waals surface area (Å²) < 4.78 is 5.09. The van der Waals surface area contributed by atoms with Crippen molar-refractivity contribution in [2.75, 3.05) is 0 Å². The van der Waals surface area contributed by atoms with Gasteiger partial charge in [-0.2, -0.15) is 0 Å². The predicted octanol–water partition coefficient (Wildman–Crippen LogP) is 2.62. The van der Waals surface area contributed by atoms with Gasteiger partial charge in [-0.15, -0.1) is 0 Å². The summed E-state index contributed by atoms with van der Waals surface area (Å²) in [5, 5.41) is 20.8. The van der Waals surface area contributed by atoms with Gasteiger partial charge in [-0.3, -0.25) is 0 Å². The zero-order valence-corrected chi connectivity index (χ0v) is 13.2. The van der Waals surface area contributed by atoms with Gasteiger partial charge in [-0.1, -0.05) is 36.4 Å². The first-order chi connectivity index (χ1) is 11.5. The van der Waals surface area contributed by atoms with E-state index in [-0.39, 0.29) is 18.8 Å². The maximum absolute atomic E-state index is 11.9. The van der Waals surface area contributed by atoms with Crippen LogP contribution in [0.25, 0.3) is 0 Å². The maximum atomic E-state index is 11.9. The Morgan fingerprint density at radius 1 is 1.12 bits per heavy atom. The summed E-state index contributed by atoms with van der Waals surface area (Å²) in [6.45, 7) is 1.98. The number of aryl methyl sites for hydroxylation is 1. The Morgan fingerprint density at radius 3 is 2.42 bits per heavy atom. The summed E-state index contributed by atoms with van der Waals surface area (Å²) in [5.41, 5.74) is 2.53. The number of nitrogens with one attached hydrogen (secondary N) is 1. The van der Waals surface area contributed by atoms with Gasteiger partial charge < -0.3 is 20.3 Å². The number of carbonyl (C=O) groups is 2. The van der Waals surface area contributed by atoms with Crippen LogP contribution >= 0.6 is 0 Å². The Bertz CT molecular complexity index is 712. The van der Waals surface area contributed by atoms with E-state index >= 15 is 0 Å². The fraction of sp³-hybridized carbons (Fsp3) is 0.222. The number of carboxylic acids is 1. The summed E-state index contributed by atoms with van der Waals surface area (Å²) in [7, 11) is 0. The standard InChI is InChI=1S/C18H19NO5/c1-12-4-2-3-5-14(12)11-24-18(23)19-16(17(21)22)10-13-6-8-15(20)9-7-13/h2-9,16,20H,10-11H2,1H3,(H,19,23)(H,21,22)/t16-/m0/s1. The van der Waals surface area contributed by atoms with Gasteiger partial charge in [0.15, 0.2) is 0 Å². The molecule has 24 heavy (non-hydrogen) atoms. The third-order valence-electron chi connectivity index (χ3n) is 3.59. The van der Waals surface area contributed by atoms with E-state index in [0.29, 0.717) is 5.56 Å². The third kappa shape index (κ3) is 5.01. The number of aliphatic carboxylic acids is 1. The lowest BCUT2D eigenvalue weighted by molar-refractivity contribution is -0.139. The molecule has 0 aliphatic rings. The molecule has 1 atom stereocenters. The highest BCUT2D eigenvalue weighted by Gasteiger charge is 2.21. The van der Waals surface area contributed by atoms with Crippen molar-refractivity contribution < 1.29 is 24.5 Å². The van der Waals surface area contributed by atoms with E-state index in [4.69, 9.17) is 4.74 Å². The predicted molar refractivity (Wildman–Crippen MR) is 87.7 cm³/mol. The summed E-state index contributed by atoms with van der Waals surface area (Å²) in [5.74, 6) is -1.06. The van der Waals surface area contributed by atoms with Gasteiger partial charge in [0.05, 0.1) is 0 Å². The average Bonchev–Trinajstić information content (AvgIpc) is 2.55. The van der Waals surface area contributed by atoms with E-state index < -0.39 is 18.1 Å². The van der Waals surface area contributed by atoms with E-state index in [9.17, 15) is 19.8 Å². The Hall–Kier alpha value is -3.02. The first-order valence-electron chi connectivity index (χ1n) is 7.44. The monoisotopic (exact) mass is 329 g/mol. The molecular formula is C18H19NO5. The van der Waals surface area contributed by atoms with Crippen molar-refractivity contribution in [2.24, 2.45) is 0 Å². The van der Waals surface area contributed by atoms with Gasteiger partial charge in [0.25, 0.3) is 0 Å². The van der Waals surface area contributed by atoms with Crippen LogP contribution in [0.3, 0.4) is 0 Å². The molecule has 0 radical (unpaired) electrons. The van der Waals surface area contributed by atoms with Crippen molar-refractivity contribution in [3.63, 3.8) is 0 Å². The van der Waals surface area contributed by atoms with Gasteiger partial charge >= 0.3 is 12.1 Å². The van der Waals surface area contributed by atoms with Crippen molar-refractivity contribution in [2.45, 2.75) is 26.0 Å². The molecule has 0 saturated heterocycles. The molecule has 0 heterocycles. The number of benzene rings is 2. The second-order valence-corrected chi connectivity index (χ2v) is 5.41. The van der Waals surface area contributed by atoms with Gasteiger partial charge in [0.2, 0.25) is 0 Å². The molecule has 0 fully saturated rings. The Kier molecular flexibility index (Phi) is 5.78. The molecule has 6 heteroatoms. The van der Waals surface area contributed by atoms with Crippen molar-refractivity contribution >= 4 is 12.1 Å². The molecule has 0 unspecified atom stereocenters. The van der Waals surface area contributed by atoms with Gasteiger partial charge in [-0.25, -0.2) is 9.59 Å². The zero-order chi connectivity index (χ0) is 17.5. The van der Waals surface area contributed by atoms with E-state index in [1.165, 1.54) is 12.1 Å². The molecule has 126 valence electrons. The topological polar surface area (TPSA) is 95.9 Å². The molecule has 0 aromatic heterocycles. The number of carboxylic acid groups (broad SMARTS) is 1. The van der Waals surface area contributed by atoms with Crippen LogP contribution < -0.4 is 5.32 Å². The first-order valence-corrected chi connectivity index (χ1v) is 7.44. The molecule has 2 rings (SSSR count). The molecule has 3 N–H and O–H groups in total. The van der Waals surface area contributed by atoms with Crippen molar-refractivity contribution in [1.82, 2.24) is 5.32 Å². The number of rotatable bonds is 6.